The fourth-order valence-electron chi connectivity index (χ4n) is 2.80. The van der Waals surface area contributed by atoms with Gasteiger partial charge < -0.3 is 14.5 Å². The molecule has 3 fully saturated rings. The van der Waals surface area contributed by atoms with Crippen LogP contribution in [-0.2, 0) is 4.74 Å². The molecule has 1 saturated carbocycles. The van der Waals surface area contributed by atoms with Crippen molar-refractivity contribution in [2.24, 2.45) is 0 Å². The zero-order valence-corrected chi connectivity index (χ0v) is 12.0. The first-order valence-electron chi connectivity index (χ1n) is 6.90. The molecule has 3 rings (SSSR count). The zero-order chi connectivity index (χ0) is 14.7. The second-order valence-corrected chi connectivity index (χ2v) is 6.77. The van der Waals surface area contributed by atoms with Crippen LogP contribution < -0.4 is 5.32 Å². The molecule has 3 amide bonds. The highest BCUT2D eigenvalue weighted by molar-refractivity contribution is 6.10. The molecule has 0 bridgehead atoms. The summed E-state index contributed by atoms with van der Waals surface area (Å²) in [7, 11) is 0. The number of nitrogens with one attached hydrogen (secondary N) is 2. The van der Waals surface area contributed by atoms with Gasteiger partial charge >= 0.3 is 12.1 Å². The van der Waals surface area contributed by atoms with Crippen LogP contribution in [0.15, 0.2) is 0 Å². The van der Waals surface area contributed by atoms with Crippen LogP contribution in [0.25, 0.3) is 0 Å². The van der Waals surface area contributed by atoms with Crippen molar-refractivity contribution in [2.75, 3.05) is 13.1 Å². The molecule has 110 valence electrons. The number of ether oxygens (including phenoxy) is 1. The number of carbonyl (C=O) groups excluding carboxylic acids is 2. The number of hydrogen-bond donors (Lipinski definition) is 2. The van der Waals surface area contributed by atoms with E-state index in [0.717, 1.165) is 12.8 Å². The largest absolute Gasteiger partial charge is 0.444 e. The lowest BCUT2D eigenvalue weighted by Gasteiger charge is -2.50. The molecule has 20 heavy (non-hydrogen) atoms. The maximum absolute atomic E-state index is 12.0. The van der Waals surface area contributed by atoms with Crippen LogP contribution in [0.2, 0.25) is 0 Å². The van der Waals surface area contributed by atoms with E-state index in [1.54, 1.807) is 9.80 Å². The smallest absolute Gasteiger partial charge is 0.410 e. The Kier molecular flexibility index (Phi) is 2.55. The minimum Gasteiger partial charge on any atom is -0.444 e. The number of carbonyl (C=O) groups is 2. The Morgan fingerprint density at radius 3 is 2.50 bits per heavy atom. The molecule has 3 aliphatic rings. The summed E-state index contributed by atoms with van der Waals surface area (Å²) in [5.41, 5.74) is -1.18. The fourth-order valence-corrected chi connectivity index (χ4v) is 2.80. The molecule has 0 aromatic carbocycles. The van der Waals surface area contributed by atoms with Crippen molar-refractivity contribution >= 4 is 18.0 Å². The van der Waals surface area contributed by atoms with Crippen LogP contribution in [0.4, 0.5) is 9.59 Å². The van der Waals surface area contributed by atoms with E-state index in [4.69, 9.17) is 10.1 Å². The minimum absolute atomic E-state index is 0.203. The standard InChI is InChI=1S/C13H20N4O3/c1-12(2,3)20-11(19)16-6-13(7-16)9(14)15-10(18)17(13)8-4-5-8/h8H,4-7H2,1-3H3,(H2,14,15,18). The summed E-state index contributed by atoms with van der Waals surface area (Å²) in [6.45, 7) is 6.14. The highest BCUT2D eigenvalue weighted by Gasteiger charge is 2.62. The van der Waals surface area contributed by atoms with Crippen LogP contribution in [-0.4, -0.2) is 58.0 Å². The van der Waals surface area contributed by atoms with Gasteiger partial charge in [-0.1, -0.05) is 0 Å². The minimum atomic E-state index is -0.644. The van der Waals surface area contributed by atoms with Crippen molar-refractivity contribution in [2.45, 2.75) is 50.8 Å². The normalized spacial score (nSPS) is 24.8. The Hall–Kier alpha value is -1.79. The van der Waals surface area contributed by atoms with E-state index in [0.29, 0.717) is 13.1 Å². The lowest BCUT2D eigenvalue weighted by molar-refractivity contribution is -0.0215. The third-order valence-corrected chi connectivity index (χ3v) is 3.85. The molecule has 0 aromatic heterocycles. The predicted octanol–water partition coefficient (Wildman–Crippen LogP) is 1.14. The molecule has 7 nitrogen and oxygen atoms in total. The van der Waals surface area contributed by atoms with Crippen LogP contribution >= 0.6 is 0 Å². The first-order chi connectivity index (χ1) is 9.23. The van der Waals surface area contributed by atoms with Gasteiger partial charge in [-0.05, 0) is 33.6 Å². The summed E-state index contributed by atoms with van der Waals surface area (Å²) in [5.74, 6) is 0.203. The summed E-state index contributed by atoms with van der Waals surface area (Å²) in [6, 6.07) is 0.0139. The molecular weight excluding hydrogens is 260 g/mol. The van der Waals surface area contributed by atoms with Crippen molar-refractivity contribution in [1.29, 1.82) is 5.41 Å². The Bertz CT molecular complexity index is 486. The average Bonchev–Trinajstić information content (AvgIpc) is 2.99. The number of urea groups is 1. The van der Waals surface area contributed by atoms with E-state index in [1.807, 2.05) is 20.8 Å². The molecule has 2 heterocycles. The molecule has 0 atom stereocenters. The second kappa shape index (κ2) is 3.86. The van der Waals surface area contributed by atoms with E-state index in [-0.39, 0.29) is 24.0 Å². The van der Waals surface area contributed by atoms with Gasteiger partial charge in [-0.15, -0.1) is 0 Å². The van der Waals surface area contributed by atoms with Gasteiger partial charge in [0.2, 0.25) is 0 Å². The highest BCUT2D eigenvalue weighted by Crippen LogP contribution is 2.41. The van der Waals surface area contributed by atoms with Gasteiger partial charge in [-0.25, -0.2) is 9.59 Å². The van der Waals surface area contributed by atoms with E-state index in [9.17, 15) is 9.59 Å². The Labute approximate surface area is 117 Å². The SMILES string of the molecule is CC(C)(C)OC(=O)N1CC2(C1)C(=N)NC(=O)N2C1CC1. The van der Waals surface area contributed by atoms with E-state index >= 15 is 0 Å². The molecule has 2 aliphatic heterocycles. The molecule has 1 spiro atoms. The third kappa shape index (κ3) is 1.92. The lowest BCUT2D eigenvalue weighted by atomic mass is 9.88. The summed E-state index contributed by atoms with van der Waals surface area (Å²) in [5, 5.41) is 10.6. The van der Waals surface area contributed by atoms with Gasteiger partial charge in [0.25, 0.3) is 0 Å². The molecule has 2 saturated heterocycles. The predicted molar refractivity (Wildman–Crippen MR) is 71.7 cm³/mol. The molecule has 7 heteroatoms. The number of amides is 3. The summed E-state index contributed by atoms with van der Waals surface area (Å²) >= 11 is 0. The molecule has 0 aromatic rings. The van der Waals surface area contributed by atoms with Gasteiger partial charge in [-0.2, -0.15) is 0 Å². The number of rotatable bonds is 1. The van der Waals surface area contributed by atoms with Crippen molar-refractivity contribution < 1.29 is 14.3 Å². The summed E-state index contributed by atoms with van der Waals surface area (Å²) in [4.78, 5) is 27.2. The number of likely N-dealkylation sites (tertiary alicyclic amines) is 1. The van der Waals surface area contributed by atoms with Crippen molar-refractivity contribution in [3.63, 3.8) is 0 Å². The molecule has 0 radical (unpaired) electrons. The Morgan fingerprint density at radius 1 is 1.40 bits per heavy atom. The van der Waals surface area contributed by atoms with Crippen LogP contribution in [0.5, 0.6) is 0 Å². The first-order valence-corrected chi connectivity index (χ1v) is 6.90. The van der Waals surface area contributed by atoms with Crippen molar-refractivity contribution in [3.05, 3.63) is 0 Å². The average molecular weight is 280 g/mol. The van der Waals surface area contributed by atoms with Gasteiger partial charge in [0, 0.05) is 6.04 Å². The zero-order valence-electron chi connectivity index (χ0n) is 12.0. The summed E-state index contributed by atoms with van der Waals surface area (Å²) in [6.07, 6.45) is 1.58. The van der Waals surface area contributed by atoms with Crippen LogP contribution in [0.1, 0.15) is 33.6 Å². The van der Waals surface area contributed by atoms with Crippen LogP contribution in [0.3, 0.4) is 0 Å². The Morgan fingerprint density at radius 2 is 2.00 bits per heavy atom. The highest BCUT2D eigenvalue weighted by atomic mass is 16.6. The Balaban J connectivity index is 1.69. The van der Waals surface area contributed by atoms with E-state index in [1.165, 1.54) is 0 Å². The van der Waals surface area contributed by atoms with Gasteiger partial charge in [0.15, 0.2) is 0 Å². The van der Waals surface area contributed by atoms with Crippen molar-refractivity contribution in [3.8, 4) is 0 Å². The molecule has 2 N–H and O–H groups in total. The first kappa shape index (κ1) is 13.2. The quantitative estimate of drug-likeness (QED) is 0.755. The fraction of sp³-hybridized carbons (Fsp3) is 0.769. The topological polar surface area (TPSA) is 85.7 Å². The second-order valence-electron chi connectivity index (χ2n) is 6.77. The van der Waals surface area contributed by atoms with Gasteiger partial charge in [-0.3, -0.25) is 10.7 Å². The van der Waals surface area contributed by atoms with Crippen molar-refractivity contribution in [1.82, 2.24) is 15.1 Å². The molecule has 1 aliphatic carbocycles. The maximum Gasteiger partial charge on any atom is 0.410 e. The monoisotopic (exact) mass is 280 g/mol. The number of amidine groups is 1. The molecular formula is C13H20N4O3. The van der Waals surface area contributed by atoms with Crippen LogP contribution in [0, 0.1) is 5.41 Å². The van der Waals surface area contributed by atoms with E-state index in [2.05, 4.69) is 5.32 Å². The van der Waals surface area contributed by atoms with Gasteiger partial charge in [0.05, 0.1) is 13.1 Å². The summed E-state index contributed by atoms with van der Waals surface area (Å²) < 4.78 is 5.31. The van der Waals surface area contributed by atoms with E-state index < -0.39 is 11.1 Å². The molecule has 0 unspecified atom stereocenters. The maximum atomic E-state index is 12.0. The lowest BCUT2D eigenvalue weighted by Crippen LogP contribution is -2.73. The van der Waals surface area contributed by atoms with Gasteiger partial charge in [0.1, 0.15) is 17.0 Å². The third-order valence-electron chi connectivity index (χ3n) is 3.85. The number of hydrogen-bond acceptors (Lipinski definition) is 4. The number of nitrogens with zero attached hydrogens (tertiary/aromatic N) is 2.